The van der Waals surface area contributed by atoms with Crippen molar-refractivity contribution in [3.05, 3.63) is 124 Å². The molecule has 0 saturated heterocycles. The number of rotatable bonds is 8. The van der Waals surface area contributed by atoms with Gasteiger partial charge in [-0.2, -0.15) is 4.31 Å². The Kier molecular flexibility index (Phi) is 10.4. The fourth-order valence-corrected chi connectivity index (χ4v) is 9.12. The van der Waals surface area contributed by atoms with Crippen LogP contribution in [0, 0.1) is 5.41 Å². The van der Waals surface area contributed by atoms with Crippen molar-refractivity contribution in [2.75, 3.05) is 19.9 Å². The maximum Gasteiger partial charge on any atom is 0.211 e. The van der Waals surface area contributed by atoms with E-state index in [-0.39, 0.29) is 24.8 Å². The van der Waals surface area contributed by atoms with Crippen molar-refractivity contribution >= 4 is 26.6 Å². The predicted molar refractivity (Wildman–Crippen MR) is 199 cm³/mol. The summed E-state index contributed by atoms with van der Waals surface area (Å²) in [5.41, 5.74) is 2.72. The van der Waals surface area contributed by atoms with Crippen LogP contribution < -0.4 is 4.74 Å². The molecule has 0 unspecified atom stereocenters. The Morgan fingerprint density at radius 1 is 0.980 bits per heavy atom. The molecular weight excluding hydrogens is 647 g/mol. The Morgan fingerprint density at radius 2 is 1.72 bits per heavy atom. The normalized spacial score (nSPS) is 24.5. The topological polar surface area (TPSA) is 104 Å². The summed E-state index contributed by atoms with van der Waals surface area (Å²) in [6, 6.07) is 26.8. The van der Waals surface area contributed by atoms with E-state index in [9.17, 15) is 23.4 Å². The number of sulfonamides is 1. The summed E-state index contributed by atoms with van der Waals surface area (Å²) in [4.78, 5) is 14.3. The summed E-state index contributed by atoms with van der Waals surface area (Å²) >= 11 is 0. The first kappa shape index (κ1) is 36.0. The molecule has 7 nitrogen and oxygen atoms in total. The minimum atomic E-state index is -3.72. The number of carbonyl (C=O) groups excluding carboxylic acids is 1. The van der Waals surface area contributed by atoms with Crippen LogP contribution in [0.15, 0.2) is 96.6 Å². The van der Waals surface area contributed by atoms with Gasteiger partial charge >= 0.3 is 0 Å². The first-order valence-corrected chi connectivity index (χ1v) is 19.5. The van der Waals surface area contributed by atoms with Crippen molar-refractivity contribution < 1.29 is 28.2 Å². The summed E-state index contributed by atoms with van der Waals surface area (Å²) in [6.07, 6.45) is 6.89. The highest BCUT2D eigenvalue weighted by molar-refractivity contribution is 7.88. The second-order valence-electron chi connectivity index (χ2n) is 14.7. The number of fused-ring (bicyclic) bond motifs is 9. The number of hydrogen-bond donors (Lipinski definition) is 2. The van der Waals surface area contributed by atoms with Crippen molar-refractivity contribution in [1.82, 2.24) is 4.31 Å². The molecule has 8 heteroatoms. The predicted octanol–water partition coefficient (Wildman–Crippen LogP) is 7.58. The highest BCUT2D eigenvalue weighted by Crippen LogP contribution is 2.59. The summed E-state index contributed by atoms with van der Waals surface area (Å²) in [5, 5.41) is 25.8. The molecule has 3 aliphatic carbocycles. The molecule has 2 N–H and O–H groups in total. The summed E-state index contributed by atoms with van der Waals surface area (Å²) in [7, 11) is -2.14. The van der Waals surface area contributed by atoms with Gasteiger partial charge in [0.1, 0.15) is 5.75 Å². The number of allylic oxidation sites excluding steroid dienone is 2. The molecule has 50 heavy (non-hydrogen) atoms. The molecule has 0 spiro atoms. The van der Waals surface area contributed by atoms with Gasteiger partial charge < -0.3 is 14.9 Å². The van der Waals surface area contributed by atoms with E-state index in [1.807, 2.05) is 60.7 Å². The van der Waals surface area contributed by atoms with Gasteiger partial charge in [-0.3, -0.25) is 4.79 Å². The molecule has 0 radical (unpaired) electrons. The lowest BCUT2D eigenvalue weighted by Crippen LogP contribution is -2.53. The van der Waals surface area contributed by atoms with Crippen LogP contribution in [-0.4, -0.2) is 60.3 Å². The van der Waals surface area contributed by atoms with Crippen molar-refractivity contribution in [1.29, 1.82) is 0 Å². The first-order valence-electron chi connectivity index (χ1n) is 17.6. The first-order chi connectivity index (χ1) is 23.8. The average molecular weight is 696 g/mol. The van der Waals surface area contributed by atoms with Crippen molar-refractivity contribution in [2.45, 2.75) is 83.0 Å². The van der Waals surface area contributed by atoms with Gasteiger partial charge in [0, 0.05) is 29.6 Å². The van der Waals surface area contributed by atoms with Crippen LogP contribution in [0.3, 0.4) is 0 Å². The molecule has 264 valence electrons. The van der Waals surface area contributed by atoms with Crippen LogP contribution in [0.2, 0.25) is 0 Å². The number of carbonyl (C=O) groups is 1. The van der Waals surface area contributed by atoms with Gasteiger partial charge in [-0.05, 0) is 116 Å². The van der Waals surface area contributed by atoms with E-state index >= 15 is 0 Å². The Balaban J connectivity index is 1.44. The van der Waals surface area contributed by atoms with Gasteiger partial charge in [0.25, 0.3) is 0 Å². The minimum Gasteiger partial charge on any atom is -0.497 e. The third-order valence-electron chi connectivity index (χ3n) is 11.4. The van der Waals surface area contributed by atoms with E-state index in [2.05, 4.69) is 19.9 Å². The lowest BCUT2D eigenvalue weighted by atomic mass is 9.64. The fraction of sp³-hybridized carbons (Fsp3) is 0.405. The second kappa shape index (κ2) is 14.4. The van der Waals surface area contributed by atoms with E-state index in [1.165, 1.54) is 16.1 Å². The van der Waals surface area contributed by atoms with E-state index in [1.54, 1.807) is 31.4 Å². The molecule has 0 aromatic heterocycles. The zero-order chi connectivity index (χ0) is 35.7. The van der Waals surface area contributed by atoms with E-state index < -0.39 is 27.1 Å². The molecule has 0 amide bonds. The highest BCUT2D eigenvalue weighted by Gasteiger charge is 2.58. The molecule has 1 fully saturated rings. The van der Waals surface area contributed by atoms with E-state index in [0.29, 0.717) is 55.4 Å². The number of nitrogens with zero attached hydrogens (tertiary/aromatic N) is 1. The highest BCUT2D eigenvalue weighted by atomic mass is 32.2. The largest absolute Gasteiger partial charge is 0.497 e. The average Bonchev–Trinajstić information content (AvgIpc) is 3.35. The standard InChI is InChI=1S/C42H49NO6S/c1-29-9-8-23-41(2)39(22-24-42(41,46)28-43(50(4,47)48)27-33-12-7-11-31-10-5-6-13-36(31)33)37-21-15-30(25-34(44)18-14-29)26-38(37)40(45)32-16-19-35(49-3)20-17-32/h5-7,9-13,15-17,19-21,26,34,39,44,46H,8,14,18,22-25,27-28H2,1-4H3/t34-,39-,41-,42+/m0/s1. The maximum absolute atomic E-state index is 14.3. The molecule has 7 rings (SSSR count). The lowest BCUT2D eigenvalue weighted by molar-refractivity contribution is -0.0730. The summed E-state index contributed by atoms with van der Waals surface area (Å²) < 4.78 is 33.7. The van der Waals surface area contributed by atoms with Gasteiger partial charge in [0.15, 0.2) is 5.78 Å². The number of methoxy groups -OCH3 is 1. The van der Waals surface area contributed by atoms with Crippen molar-refractivity contribution in [3.63, 3.8) is 0 Å². The van der Waals surface area contributed by atoms with Crippen LogP contribution in [0.4, 0.5) is 0 Å². The Bertz CT molecular complexity index is 2000. The number of benzene rings is 4. The molecule has 2 bridgehead atoms. The number of hydrogen-bond acceptors (Lipinski definition) is 6. The molecule has 4 atom stereocenters. The van der Waals surface area contributed by atoms with Gasteiger partial charge in [-0.15, -0.1) is 0 Å². The van der Waals surface area contributed by atoms with E-state index in [0.717, 1.165) is 33.9 Å². The smallest absolute Gasteiger partial charge is 0.211 e. The van der Waals surface area contributed by atoms with Gasteiger partial charge in [-0.1, -0.05) is 73.2 Å². The van der Waals surface area contributed by atoms with Gasteiger partial charge in [0.05, 0.1) is 25.1 Å². The SMILES string of the molecule is COc1ccc(C(=O)c2cc3ccc2[C@@H]2CC[C@@](O)(CN(Cc4cccc5ccccc45)S(C)(=O)=O)[C@@]2(C)CCC=C(C)CC[C@H](O)C3)cc1. The molecule has 4 aromatic rings. The number of aliphatic hydroxyl groups excluding tert-OH is 1. The number of aliphatic hydroxyl groups is 2. The molecule has 3 aliphatic rings. The molecule has 1 saturated carbocycles. The van der Waals surface area contributed by atoms with Crippen molar-refractivity contribution in [2.24, 2.45) is 5.41 Å². The lowest BCUT2D eigenvalue weighted by Gasteiger charge is -2.45. The number of ether oxygens (including phenoxy) is 1. The fourth-order valence-electron chi connectivity index (χ4n) is 8.30. The van der Waals surface area contributed by atoms with Crippen LogP contribution in [-0.2, 0) is 23.0 Å². The van der Waals surface area contributed by atoms with Gasteiger partial charge in [-0.25, -0.2) is 8.42 Å². The maximum atomic E-state index is 14.3. The Morgan fingerprint density at radius 3 is 2.46 bits per heavy atom. The third kappa shape index (κ3) is 7.31. The van der Waals surface area contributed by atoms with Crippen LogP contribution in [0.25, 0.3) is 10.8 Å². The Labute approximate surface area is 296 Å². The number of ketones is 1. The van der Waals surface area contributed by atoms with Crippen LogP contribution >= 0.6 is 0 Å². The molecule has 0 aliphatic heterocycles. The summed E-state index contributed by atoms with van der Waals surface area (Å²) in [6.45, 7) is 4.24. The monoisotopic (exact) mass is 695 g/mol. The second-order valence-corrected chi connectivity index (χ2v) is 16.7. The molecule has 4 aromatic carbocycles. The third-order valence-corrected chi connectivity index (χ3v) is 12.6. The van der Waals surface area contributed by atoms with E-state index in [4.69, 9.17) is 4.74 Å². The van der Waals surface area contributed by atoms with Crippen LogP contribution in [0.5, 0.6) is 5.75 Å². The Hall–Kier alpha value is -3.82. The quantitative estimate of drug-likeness (QED) is 0.146. The summed E-state index contributed by atoms with van der Waals surface area (Å²) in [5.74, 6) is 0.302. The molecular formula is C42H49NO6S. The van der Waals surface area contributed by atoms with Crippen molar-refractivity contribution in [3.8, 4) is 5.75 Å². The zero-order valence-corrected chi connectivity index (χ0v) is 30.4. The molecule has 0 heterocycles. The minimum absolute atomic E-state index is 0.0587. The van der Waals surface area contributed by atoms with Gasteiger partial charge in [0.2, 0.25) is 10.0 Å². The van der Waals surface area contributed by atoms with Crippen LogP contribution in [0.1, 0.15) is 90.9 Å². The zero-order valence-electron chi connectivity index (χ0n) is 29.6.